The maximum Gasteiger partial charge on any atom is 0.377 e. The number of hydrogen-bond donors (Lipinski definition) is 1. The van der Waals surface area contributed by atoms with Crippen molar-refractivity contribution in [2.75, 3.05) is 7.11 Å². The smallest absolute Gasteiger partial charge is 0.377 e. The van der Waals surface area contributed by atoms with Crippen LogP contribution in [0.2, 0.25) is 0 Å². The topological polar surface area (TPSA) is 63.6 Å². The first kappa shape index (κ1) is 12.2. The summed E-state index contributed by atoms with van der Waals surface area (Å²) in [7, 11) is 1.29. The van der Waals surface area contributed by atoms with Crippen LogP contribution in [0.25, 0.3) is 0 Å². The summed E-state index contributed by atoms with van der Waals surface area (Å²) in [4.78, 5) is 22.0. The second-order valence-corrected chi connectivity index (χ2v) is 3.17. The maximum absolute atomic E-state index is 13.2. The van der Waals surface area contributed by atoms with E-state index in [1.54, 1.807) is 0 Å². The normalized spacial score (nSPS) is 11.9. The van der Waals surface area contributed by atoms with Crippen LogP contribution >= 0.6 is 0 Å². The van der Waals surface area contributed by atoms with Crippen LogP contribution in [0.1, 0.15) is 29.0 Å². The Kier molecular flexibility index (Phi) is 3.60. The Morgan fingerprint density at radius 3 is 2.50 bits per heavy atom. The van der Waals surface area contributed by atoms with Crippen LogP contribution < -0.4 is 4.74 Å². The van der Waals surface area contributed by atoms with Gasteiger partial charge in [-0.25, -0.2) is 9.18 Å². The van der Waals surface area contributed by atoms with Crippen molar-refractivity contribution in [1.29, 1.82) is 0 Å². The molecule has 5 heteroatoms. The third-order valence-corrected chi connectivity index (χ3v) is 2.13. The van der Waals surface area contributed by atoms with E-state index in [1.807, 2.05) is 0 Å². The summed E-state index contributed by atoms with van der Waals surface area (Å²) in [5, 5.41) is 8.63. The van der Waals surface area contributed by atoms with Crippen molar-refractivity contribution < 1.29 is 23.8 Å². The van der Waals surface area contributed by atoms with E-state index in [0.717, 1.165) is 0 Å². The van der Waals surface area contributed by atoms with Crippen LogP contribution in [0.4, 0.5) is 4.39 Å². The van der Waals surface area contributed by atoms with Crippen LogP contribution in [0.5, 0.6) is 5.75 Å². The highest BCUT2D eigenvalue weighted by atomic mass is 19.1. The molecule has 0 aliphatic heterocycles. The molecule has 0 radical (unpaired) electrons. The lowest BCUT2D eigenvalue weighted by molar-refractivity contribution is -0.131. The standard InChI is InChI=1S/C11H11FO4/c1-6(12)7-4-3-5-8(16-2)9(7)10(13)11(14)15/h3-6H,1-2H3,(H,14,15). The lowest BCUT2D eigenvalue weighted by Gasteiger charge is -2.11. The van der Waals surface area contributed by atoms with Gasteiger partial charge in [0.1, 0.15) is 11.9 Å². The van der Waals surface area contributed by atoms with Gasteiger partial charge in [0.2, 0.25) is 0 Å². The van der Waals surface area contributed by atoms with E-state index in [0.29, 0.717) is 0 Å². The number of benzene rings is 1. The molecule has 1 rings (SSSR count). The Morgan fingerprint density at radius 2 is 2.06 bits per heavy atom. The number of aliphatic carboxylic acids is 1. The first-order valence-electron chi connectivity index (χ1n) is 4.57. The van der Waals surface area contributed by atoms with Crippen LogP contribution in [-0.2, 0) is 4.79 Å². The van der Waals surface area contributed by atoms with Gasteiger partial charge in [0, 0.05) is 5.56 Å². The Balaban J connectivity index is 3.41. The molecule has 86 valence electrons. The summed E-state index contributed by atoms with van der Waals surface area (Å²) in [6.45, 7) is 1.23. The minimum absolute atomic E-state index is 0.0201. The van der Waals surface area contributed by atoms with Gasteiger partial charge in [0.25, 0.3) is 5.78 Å². The van der Waals surface area contributed by atoms with Crippen LogP contribution in [0.15, 0.2) is 18.2 Å². The number of carbonyl (C=O) groups excluding carboxylic acids is 1. The van der Waals surface area contributed by atoms with E-state index < -0.39 is 17.9 Å². The number of Topliss-reactive ketones (excluding diaryl/α,β-unsaturated/α-hetero) is 1. The van der Waals surface area contributed by atoms with Crippen molar-refractivity contribution in [1.82, 2.24) is 0 Å². The van der Waals surface area contributed by atoms with Crippen molar-refractivity contribution in [2.45, 2.75) is 13.1 Å². The lowest BCUT2D eigenvalue weighted by Crippen LogP contribution is -2.16. The van der Waals surface area contributed by atoms with Crippen molar-refractivity contribution in [3.63, 3.8) is 0 Å². The predicted molar refractivity (Wildman–Crippen MR) is 54.5 cm³/mol. The maximum atomic E-state index is 13.2. The Hall–Kier alpha value is -1.91. The molecule has 0 aromatic heterocycles. The first-order valence-corrected chi connectivity index (χ1v) is 4.57. The summed E-state index contributed by atoms with van der Waals surface area (Å²) in [6.07, 6.45) is -1.44. The zero-order valence-corrected chi connectivity index (χ0v) is 8.86. The van der Waals surface area contributed by atoms with Gasteiger partial charge in [0.05, 0.1) is 12.7 Å². The molecule has 0 spiro atoms. The molecule has 0 aliphatic rings. The number of rotatable bonds is 4. The van der Waals surface area contributed by atoms with E-state index >= 15 is 0 Å². The molecule has 1 atom stereocenters. The van der Waals surface area contributed by atoms with Gasteiger partial charge >= 0.3 is 5.97 Å². The van der Waals surface area contributed by atoms with E-state index in [9.17, 15) is 14.0 Å². The zero-order valence-electron chi connectivity index (χ0n) is 8.86. The fourth-order valence-corrected chi connectivity index (χ4v) is 1.40. The number of carbonyl (C=O) groups is 2. The van der Waals surface area contributed by atoms with Gasteiger partial charge in [-0.3, -0.25) is 4.79 Å². The van der Waals surface area contributed by atoms with Crippen LogP contribution in [-0.4, -0.2) is 24.0 Å². The number of halogens is 1. The molecular formula is C11H11FO4. The summed E-state index contributed by atoms with van der Waals surface area (Å²) in [5.41, 5.74) is -0.209. The molecule has 4 nitrogen and oxygen atoms in total. The van der Waals surface area contributed by atoms with Gasteiger partial charge in [-0.2, -0.15) is 0 Å². The molecule has 1 unspecified atom stereocenters. The summed E-state index contributed by atoms with van der Waals surface area (Å²) < 4.78 is 18.1. The average molecular weight is 226 g/mol. The summed E-state index contributed by atoms with van der Waals surface area (Å²) >= 11 is 0. The number of alkyl halides is 1. The number of carboxylic acid groups (broad SMARTS) is 1. The largest absolute Gasteiger partial charge is 0.496 e. The van der Waals surface area contributed by atoms with Gasteiger partial charge in [-0.1, -0.05) is 12.1 Å². The molecule has 16 heavy (non-hydrogen) atoms. The first-order chi connectivity index (χ1) is 7.49. The van der Waals surface area contributed by atoms with Crippen molar-refractivity contribution in [3.05, 3.63) is 29.3 Å². The second kappa shape index (κ2) is 4.74. The van der Waals surface area contributed by atoms with E-state index in [4.69, 9.17) is 9.84 Å². The number of methoxy groups -OCH3 is 1. The van der Waals surface area contributed by atoms with Gasteiger partial charge in [0.15, 0.2) is 0 Å². The third kappa shape index (κ3) is 2.18. The molecule has 0 heterocycles. The van der Waals surface area contributed by atoms with Crippen molar-refractivity contribution >= 4 is 11.8 Å². The van der Waals surface area contributed by atoms with Gasteiger partial charge in [-0.05, 0) is 13.0 Å². The Bertz CT molecular complexity index is 426. The Labute approximate surface area is 91.7 Å². The summed E-state index contributed by atoms with van der Waals surface area (Å²) in [5.74, 6) is -2.74. The highest BCUT2D eigenvalue weighted by Gasteiger charge is 2.25. The zero-order chi connectivity index (χ0) is 12.3. The van der Waals surface area contributed by atoms with Crippen molar-refractivity contribution in [2.24, 2.45) is 0 Å². The molecular weight excluding hydrogens is 215 g/mol. The highest BCUT2D eigenvalue weighted by molar-refractivity contribution is 6.41. The molecule has 0 bridgehead atoms. The molecule has 0 fully saturated rings. The second-order valence-electron chi connectivity index (χ2n) is 3.17. The van der Waals surface area contributed by atoms with Crippen LogP contribution in [0, 0.1) is 0 Å². The number of hydrogen-bond acceptors (Lipinski definition) is 3. The lowest BCUT2D eigenvalue weighted by atomic mass is 9.99. The molecule has 1 aromatic rings. The monoisotopic (exact) mass is 226 g/mol. The van der Waals surface area contributed by atoms with Gasteiger partial charge < -0.3 is 9.84 Å². The molecule has 0 aliphatic carbocycles. The number of carboxylic acids is 1. The average Bonchev–Trinajstić information content (AvgIpc) is 2.26. The minimum atomic E-state index is -1.63. The number of ether oxygens (including phenoxy) is 1. The molecule has 1 N–H and O–H groups in total. The van der Waals surface area contributed by atoms with E-state index in [-0.39, 0.29) is 16.9 Å². The quantitative estimate of drug-likeness (QED) is 0.630. The van der Waals surface area contributed by atoms with Gasteiger partial charge in [-0.15, -0.1) is 0 Å². The van der Waals surface area contributed by atoms with Crippen LogP contribution in [0.3, 0.4) is 0 Å². The van der Waals surface area contributed by atoms with Crippen molar-refractivity contribution in [3.8, 4) is 5.75 Å². The third-order valence-electron chi connectivity index (χ3n) is 2.13. The molecule has 1 aromatic carbocycles. The molecule has 0 saturated heterocycles. The fourth-order valence-electron chi connectivity index (χ4n) is 1.40. The fraction of sp³-hybridized carbons (Fsp3) is 0.273. The number of ketones is 1. The molecule has 0 amide bonds. The van der Waals surface area contributed by atoms with E-state index in [1.165, 1.54) is 32.2 Å². The van der Waals surface area contributed by atoms with E-state index in [2.05, 4.69) is 0 Å². The SMILES string of the molecule is COc1cccc(C(C)F)c1C(=O)C(=O)O. The summed E-state index contributed by atoms with van der Waals surface area (Å²) in [6, 6.07) is 4.29. The minimum Gasteiger partial charge on any atom is -0.496 e. The molecule has 0 saturated carbocycles. The Morgan fingerprint density at radius 1 is 1.44 bits per heavy atom. The highest BCUT2D eigenvalue weighted by Crippen LogP contribution is 2.29. The predicted octanol–water partition coefficient (Wildman–Crippen LogP) is 1.99.